The number of halogens is 1. The van der Waals surface area contributed by atoms with Gasteiger partial charge >= 0.3 is 5.97 Å². The maximum atomic E-state index is 14.2. The molecule has 0 saturated carbocycles. The maximum absolute atomic E-state index is 14.2. The number of carbonyl (C=O) groups is 2. The van der Waals surface area contributed by atoms with Gasteiger partial charge in [0.15, 0.2) is 6.61 Å². The van der Waals surface area contributed by atoms with Crippen molar-refractivity contribution in [1.82, 2.24) is 4.31 Å². The molecular formula is C19H20FNO5S2. The van der Waals surface area contributed by atoms with Crippen LogP contribution >= 0.6 is 11.3 Å². The first kappa shape index (κ1) is 20.6. The number of piperidine rings is 1. The fraction of sp³-hybridized carbons (Fsp3) is 0.368. The molecular weight excluding hydrogens is 405 g/mol. The largest absolute Gasteiger partial charge is 0.454 e. The number of benzene rings is 1. The van der Waals surface area contributed by atoms with Gasteiger partial charge in [-0.05, 0) is 50.1 Å². The second kappa shape index (κ2) is 8.50. The first-order valence-corrected chi connectivity index (χ1v) is 11.1. The highest BCUT2D eigenvalue weighted by molar-refractivity contribution is 7.89. The lowest BCUT2D eigenvalue weighted by atomic mass is 10.2. The van der Waals surface area contributed by atoms with E-state index in [4.69, 9.17) is 4.74 Å². The summed E-state index contributed by atoms with van der Waals surface area (Å²) in [6.45, 7) is 2.04. The Morgan fingerprint density at radius 3 is 2.50 bits per heavy atom. The van der Waals surface area contributed by atoms with Crippen LogP contribution in [0.15, 0.2) is 35.2 Å². The number of thiophene rings is 1. The van der Waals surface area contributed by atoms with Crippen molar-refractivity contribution in [3.63, 3.8) is 0 Å². The number of ketones is 1. The van der Waals surface area contributed by atoms with E-state index in [2.05, 4.69) is 0 Å². The molecule has 0 atom stereocenters. The van der Waals surface area contributed by atoms with Crippen LogP contribution in [-0.2, 0) is 14.8 Å². The van der Waals surface area contributed by atoms with Crippen molar-refractivity contribution in [2.75, 3.05) is 19.7 Å². The average molecular weight is 426 g/mol. The smallest absolute Gasteiger partial charge is 0.338 e. The van der Waals surface area contributed by atoms with E-state index in [0.717, 1.165) is 29.5 Å². The van der Waals surface area contributed by atoms with Crippen molar-refractivity contribution >= 4 is 33.1 Å². The second-order valence-corrected chi connectivity index (χ2v) is 9.71. The molecule has 1 fully saturated rings. The van der Waals surface area contributed by atoms with Gasteiger partial charge in [-0.25, -0.2) is 17.6 Å². The SMILES string of the molecule is Cc1ccc(C(=O)COC(=O)c2ccc(F)c(S(=O)(=O)N3CCCCC3)c2)s1. The van der Waals surface area contributed by atoms with Crippen molar-refractivity contribution in [2.24, 2.45) is 0 Å². The van der Waals surface area contributed by atoms with Gasteiger partial charge in [-0.3, -0.25) is 4.79 Å². The summed E-state index contributed by atoms with van der Waals surface area (Å²) in [5.41, 5.74) is -0.118. The van der Waals surface area contributed by atoms with Gasteiger partial charge in [0, 0.05) is 18.0 Å². The number of rotatable bonds is 6. The van der Waals surface area contributed by atoms with Crippen LogP contribution in [0, 0.1) is 12.7 Å². The van der Waals surface area contributed by atoms with E-state index in [1.165, 1.54) is 15.6 Å². The molecule has 28 heavy (non-hydrogen) atoms. The molecule has 2 heterocycles. The summed E-state index contributed by atoms with van der Waals surface area (Å²) < 4.78 is 45.9. The minimum Gasteiger partial charge on any atom is -0.454 e. The summed E-state index contributed by atoms with van der Waals surface area (Å²) >= 11 is 1.29. The number of carbonyl (C=O) groups excluding carboxylic acids is 2. The van der Waals surface area contributed by atoms with E-state index in [0.29, 0.717) is 30.8 Å². The van der Waals surface area contributed by atoms with Gasteiger partial charge < -0.3 is 4.74 Å². The summed E-state index contributed by atoms with van der Waals surface area (Å²) in [4.78, 5) is 25.2. The molecule has 6 nitrogen and oxygen atoms in total. The normalized spacial score (nSPS) is 15.4. The number of nitrogens with zero attached hydrogens (tertiary/aromatic N) is 1. The van der Waals surface area contributed by atoms with Crippen molar-refractivity contribution in [2.45, 2.75) is 31.1 Å². The highest BCUT2D eigenvalue weighted by Gasteiger charge is 2.29. The molecule has 1 saturated heterocycles. The maximum Gasteiger partial charge on any atom is 0.338 e. The number of Topliss-reactive ketones (excluding diaryl/α,β-unsaturated/α-hetero) is 1. The highest BCUT2D eigenvalue weighted by Crippen LogP contribution is 2.24. The van der Waals surface area contributed by atoms with Crippen molar-refractivity contribution < 1.29 is 27.1 Å². The number of sulfonamides is 1. The molecule has 0 N–H and O–H groups in total. The van der Waals surface area contributed by atoms with Gasteiger partial charge in [0.1, 0.15) is 10.7 Å². The monoisotopic (exact) mass is 425 g/mol. The molecule has 0 unspecified atom stereocenters. The zero-order chi connectivity index (χ0) is 20.3. The van der Waals surface area contributed by atoms with Crippen LogP contribution in [0.1, 0.15) is 44.2 Å². The molecule has 1 aromatic carbocycles. The summed E-state index contributed by atoms with van der Waals surface area (Å²) in [7, 11) is -4.03. The standard InChI is InChI=1S/C19H20FNO5S2/c1-13-5-8-17(27-13)16(22)12-26-19(23)14-6-7-15(20)18(11-14)28(24,25)21-9-3-2-4-10-21/h5-8,11H,2-4,9-10,12H2,1H3. The summed E-state index contributed by atoms with van der Waals surface area (Å²) in [6.07, 6.45) is 2.36. The third-order valence-electron chi connectivity index (χ3n) is 4.45. The molecule has 1 aromatic heterocycles. The molecule has 0 radical (unpaired) electrons. The van der Waals surface area contributed by atoms with Crippen LogP contribution in [0.5, 0.6) is 0 Å². The third-order valence-corrected chi connectivity index (χ3v) is 7.40. The quantitative estimate of drug-likeness (QED) is 0.523. The van der Waals surface area contributed by atoms with Gasteiger partial charge in [0.25, 0.3) is 0 Å². The first-order valence-electron chi connectivity index (χ1n) is 8.85. The zero-order valence-electron chi connectivity index (χ0n) is 15.3. The lowest BCUT2D eigenvalue weighted by Gasteiger charge is -2.26. The molecule has 3 rings (SSSR count). The minimum absolute atomic E-state index is 0.118. The van der Waals surface area contributed by atoms with Crippen LogP contribution in [0.2, 0.25) is 0 Å². The van der Waals surface area contributed by atoms with Gasteiger partial charge in [-0.15, -0.1) is 11.3 Å². The molecule has 0 amide bonds. The number of esters is 1. The summed E-state index contributed by atoms with van der Waals surface area (Å²) in [6, 6.07) is 6.49. The van der Waals surface area contributed by atoms with Crippen LogP contribution < -0.4 is 0 Å². The molecule has 2 aromatic rings. The Hall–Kier alpha value is -2.10. The Kier molecular flexibility index (Phi) is 6.26. The van der Waals surface area contributed by atoms with E-state index in [-0.39, 0.29) is 11.3 Å². The summed E-state index contributed by atoms with van der Waals surface area (Å²) in [5, 5.41) is 0. The molecule has 150 valence electrons. The molecule has 1 aliphatic heterocycles. The number of hydrogen-bond acceptors (Lipinski definition) is 6. The van der Waals surface area contributed by atoms with Gasteiger partial charge in [-0.1, -0.05) is 6.42 Å². The van der Waals surface area contributed by atoms with Crippen LogP contribution in [0.25, 0.3) is 0 Å². The predicted octanol–water partition coefficient (Wildman–Crippen LogP) is 3.41. The first-order chi connectivity index (χ1) is 13.3. The average Bonchev–Trinajstić information content (AvgIpc) is 3.13. The topological polar surface area (TPSA) is 80.8 Å². The second-order valence-electron chi connectivity index (χ2n) is 6.52. The zero-order valence-corrected chi connectivity index (χ0v) is 16.9. The Balaban J connectivity index is 1.75. The Bertz CT molecular complexity index is 994. The Morgan fingerprint density at radius 1 is 1.14 bits per heavy atom. The highest BCUT2D eigenvalue weighted by atomic mass is 32.2. The predicted molar refractivity (Wildman–Crippen MR) is 103 cm³/mol. The van der Waals surface area contributed by atoms with Crippen molar-refractivity contribution in [3.05, 3.63) is 51.5 Å². The van der Waals surface area contributed by atoms with Gasteiger partial charge in [-0.2, -0.15) is 4.31 Å². The Labute approximate surface area is 167 Å². The fourth-order valence-corrected chi connectivity index (χ4v) is 5.34. The number of aryl methyl sites for hydroxylation is 1. The summed E-state index contributed by atoms with van der Waals surface area (Å²) in [5.74, 6) is -2.15. The van der Waals surface area contributed by atoms with E-state index in [1.807, 2.05) is 6.92 Å². The minimum atomic E-state index is -4.03. The molecule has 0 aliphatic carbocycles. The van der Waals surface area contributed by atoms with E-state index in [1.54, 1.807) is 12.1 Å². The number of ether oxygens (including phenoxy) is 1. The van der Waals surface area contributed by atoms with E-state index in [9.17, 15) is 22.4 Å². The lowest BCUT2D eigenvalue weighted by Crippen LogP contribution is -2.36. The Morgan fingerprint density at radius 2 is 1.86 bits per heavy atom. The van der Waals surface area contributed by atoms with Crippen molar-refractivity contribution in [1.29, 1.82) is 0 Å². The molecule has 0 spiro atoms. The van der Waals surface area contributed by atoms with Crippen molar-refractivity contribution in [3.8, 4) is 0 Å². The van der Waals surface area contributed by atoms with Crippen LogP contribution in [0.4, 0.5) is 4.39 Å². The van der Waals surface area contributed by atoms with Crippen LogP contribution in [-0.4, -0.2) is 44.2 Å². The molecule has 0 bridgehead atoms. The van der Waals surface area contributed by atoms with Crippen LogP contribution in [0.3, 0.4) is 0 Å². The van der Waals surface area contributed by atoms with Gasteiger partial charge in [0.2, 0.25) is 15.8 Å². The lowest BCUT2D eigenvalue weighted by molar-refractivity contribution is 0.0475. The van der Waals surface area contributed by atoms with Gasteiger partial charge in [0.05, 0.1) is 10.4 Å². The van der Waals surface area contributed by atoms with E-state index < -0.39 is 33.3 Å². The third kappa shape index (κ3) is 4.48. The fourth-order valence-electron chi connectivity index (χ4n) is 2.94. The number of hydrogen-bond donors (Lipinski definition) is 0. The molecule has 1 aliphatic rings. The van der Waals surface area contributed by atoms with E-state index >= 15 is 0 Å². The molecule has 9 heteroatoms.